The van der Waals surface area contributed by atoms with Gasteiger partial charge in [0.15, 0.2) is 0 Å². The number of hydrogen-bond acceptors (Lipinski definition) is 5. The SMILES string of the molecule is O=C1NC(=S)S/C1=C\c1cc([N+](=O)[O-])ccc1Cl. The van der Waals surface area contributed by atoms with Crippen LogP contribution in [-0.4, -0.2) is 15.2 Å². The second-order valence-electron chi connectivity index (χ2n) is 3.32. The molecule has 0 aromatic heterocycles. The molecule has 1 N–H and O–H groups in total. The number of hydrogen-bond donors (Lipinski definition) is 1. The van der Waals surface area contributed by atoms with Gasteiger partial charge in [-0.2, -0.15) is 0 Å². The van der Waals surface area contributed by atoms with Crippen LogP contribution in [0.2, 0.25) is 5.02 Å². The predicted molar refractivity (Wildman–Crippen MR) is 74.4 cm³/mol. The van der Waals surface area contributed by atoms with Crippen molar-refractivity contribution in [2.24, 2.45) is 0 Å². The molecule has 8 heteroatoms. The molecular formula is C10H5ClN2O3S2. The molecule has 0 atom stereocenters. The summed E-state index contributed by atoms with van der Waals surface area (Å²) in [4.78, 5) is 21.9. The Balaban J connectivity index is 2.42. The lowest BCUT2D eigenvalue weighted by molar-refractivity contribution is -0.384. The summed E-state index contributed by atoms with van der Waals surface area (Å²) in [6, 6.07) is 4.03. The summed E-state index contributed by atoms with van der Waals surface area (Å²) in [6.07, 6.45) is 1.48. The second kappa shape index (κ2) is 5.05. The minimum atomic E-state index is -0.523. The van der Waals surface area contributed by atoms with Crippen LogP contribution in [0.15, 0.2) is 23.1 Å². The quantitative estimate of drug-likeness (QED) is 0.393. The molecule has 1 fully saturated rings. The number of carbonyl (C=O) groups is 1. The Morgan fingerprint density at radius 1 is 1.50 bits per heavy atom. The number of amides is 1. The van der Waals surface area contributed by atoms with Crippen LogP contribution < -0.4 is 5.32 Å². The van der Waals surface area contributed by atoms with Gasteiger partial charge in [-0.1, -0.05) is 35.6 Å². The van der Waals surface area contributed by atoms with Crippen LogP contribution in [0.25, 0.3) is 6.08 Å². The first-order valence-electron chi connectivity index (χ1n) is 4.66. The van der Waals surface area contributed by atoms with E-state index in [9.17, 15) is 14.9 Å². The van der Waals surface area contributed by atoms with Gasteiger partial charge in [0.2, 0.25) is 0 Å². The van der Waals surface area contributed by atoms with Crippen molar-refractivity contribution < 1.29 is 9.72 Å². The molecule has 0 radical (unpaired) electrons. The number of halogens is 1. The zero-order valence-corrected chi connectivity index (χ0v) is 11.1. The van der Waals surface area contributed by atoms with E-state index in [-0.39, 0.29) is 11.6 Å². The summed E-state index contributed by atoms with van der Waals surface area (Å²) in [5, 5.41) is 13.4. The normalized spacial score (nSPS) is 17.1. The molecule has 1 heterocycles. The lowest BCUT2D eigenvalue weighted by atomic mass is 10.2. The predicted octanol–water partition coefficient (Wildman–Crippen LogP) is 2.74. The van der Waals surface area contributed by atoms with Crippen LogP contribution in [0.3, 0.4) is 0 Å². The Morgan fingerprint density at radius 2 is 2.22 bits per heavy atom. The lowest BCUT2D eigenvalue weighted by Gasteiger charge is -1.99. The zero-order chi connectivity index (χ0) is 13.3. The molecule has 1 amide bonds. The van der Waals surface area contributed by atoms with Crippen molar-refractivity contribution in [1.82, 2.24) is 5.32 Å². The Morgan fingerprint density at radius 3 is 2.78 bits per heavy atom. The Kier molecular flexibility index (Phi) is 3.65. The highest BCUT2D eigenvalue weighted by Crippen LogP contribution is 2.30. The van der Waals surface area contributed by atoms with Crippen molar-refractivity contribution in [3.8, 4) is 0 Å². The fourth-order valence-corrected chi connectivity index (χ4v) is 2.52. The third-order valence-electron chi connectivity index (χ3n) is 2.12. The van der Waals surface area contributed by atoms with Crippen LogP contribution in [0.1, 0.15) is 5.56 Å². The van der Waals surface area contributed by atoms with Crippen molar-refractivity contribution >= 4 is 57.6 Å². The maximum atomic E-state index is 11.5. The van der Waals surface area contributed by atoms with Crippen molar-refractivity contribution in [2.75, 3.05) is 0 Å². The third kappa shape index (κ3) is 2.69. The molecule has 2 rings (SSSR count). The molecule has 1 aromatic carbocycles. The molecule has 1 saturated heterocycles. The molecule has 1 aromatic rings. The molecule has 0 spiro atoms. The van der Waals surface area contributed by atoms with Gasteiger partial charge in [-0.25, -0.2) is 0 Å². The lowest BCUT2D eigenvalue weighted by Crippen LogP contribution is -2.17. The van der Waals surface area contributed by atoms with E-state index in [1.807, 2.05) is 0 Å². The third-order valence-corrected chi connectivity index (χ3v) is 3.63. The number of thiocarbonyl (C=S) groups is 1. The number of nitrogens with zero attached hydrogens (tertiary/aromatic N) is 1. The summed E-state index contributed by atoms with van der Waals surface area (Å²) in [5.74, 6) is -0.326. The van der Waals surface area contributed by atoms with Gasteiger partial charge in [-0.3, -0.25) is 14.9 Å². The van der Waals surface area contributed by atoms with Crippen molar-refractivity contribution in [2.45, 2.75) is 0 Å². The monoisotopic (exact) mass is 300 g/mol. The summed E-state index contributed by atoms with van der Waals surface area (Å²) in [7, 11) is 0. The number of benzene rings is 1. The molecule has 0 saturated carbocycles. The maximum Gasteiger partial charge on any atom is 0.270 e. The van der Waals surface area contributed by atoms with E-state index in [2.05, 4.69) is 5.32 Å². The van der Waals surface area contributed by atoms with E-state index in [0.717, 1.165) is 11.8 Å². The van der Waals surface area contributed by atoms with E-state index in [1.165, 1.54) is 24.3 Å². The minimum Gasteiger partial charge on any atom is -0.307 e. The molecule has 0 aliphatic carbocycles. The van der Waals surface area contributed by atoms with E-state index < -0.39 is 4.92 Å². The maximum absolute atomic E-state index is 11.5. The second-order valence-corrected chi connectivity index (χ2v) is 5.44. The van der Waals surface area contributed by atoms with Crippen LogP contribution in [0, 0.1) is 10.1 Å². The minimum absolute atomic E-state index is 0.0859. The van der Waals surface area contributed by atoms with Crippen molar-refractivity contribution in [1.29, 1.82) is 0 Å². The zero-order valence-electron chi connectivity index (χ0n) is 8.68. The van der Waals surface area contributed by atoms with Gasteiger partial charge in [0.1, 0.15) is 4.32 Å². The molecule has 5 nitrogen and oxygen atoms in total. The van der Waals surface area contributed by atoms with E-state index in [1.54, 1.807) is 0 Å². The van der Waals surface area contributed by atoms with Gasteiger partial charge in [0, 0.05) is 22.7 Å². The van der Waals surface area contributed by atoms with Crippen LogP contribution in [0.4, 0.5) is 5.69 Å². The average molecular weight is 301 g/mol. The Labute approximate surface area is 116 Å². The first-order valence-corrected chi connectivity index (χ1v) is 6.26. The summed E-state index contributed by atoms with van der Waals surface area (Å²) >= 11 is 11.9. The smallest absolute Gasteiger partial charge is 0.270 e. The number of thioether (sulfide) groups is 1. The van der Waals surface area contributed by atoms with Gasteiger partial charge in [0.25, 0.3) is 11.6 Å². The number of nitrogens with one attached hydrogen (secondary N) is 1. The number of nitro groups is 1. The van der Waals surface area contributed by atoms with Gasteiger partial charge < -0.3 is 5.32 Å². The summed E-state index contributed by atoms with van der Waals surface area (Å²) in [5.41, 5.74) is 0.324. The average Bonchev–Trinajstić information content (AvgIpc) is 2.60. The van der Waals surface area contributed by atoms with Crippen molar-refractivity contribution in [3.05, 3.63) is 43.8 Å². The number of non-ortho nitro benzene ring substituents is 1. The van der Waals surface area contributed by atoms with Crippen LogP contribution >= 0.6 is 35.6 Å². The van der Waals surface area contributed by atoms with E-state index in [4.69, 9.17) is 23.8 Å². The van der Waals surface area contributed by atoms with Crippen molar-refractivity contribution in [3.63, 3.8) is 0 Å². The Hall–Kier alpha value is -1.44. The molecule has 92 valence electrons. The molecule has 18 heavy (non-hydrogen) atoms. The van der Waals surface area contributed by atoms with Crippen LogP contribution in [0.5, 0.6) is 0 Å². The van der Waals surface area contributed by atoms with Gasteiger partial charge >= 0.3 is 0 Å². The molecular weight excluding hydrogens is 296 g/mol. The molecule has 1 aliphatic heterocycles. The van der Waals surface area contributed by atoms with Gasteiger partial charge in [-0.15, -0.1) is 0 Å². The fourth-order valence-electron chi connectivity index (χ4n) is 1.32. The molecule has 1 aliphatic rings. The van der Waals surface area contributed by atoms with E-state index in [0.29, 0.717) is 19.8 Å². The highest BCUT2D eigenvalue weighted by atomic mass is 35.5. The Bertz CT molecular complexity index is 601. The van der Waals surface area contributed by atoms with Crippen LogP contribution in [-0.2, 0) is 4.79 Å². The standard InChI is InChI=1S/C10H5ClN2O3S2/c11-7-2-1-6(13(15)16)3-5(7)4-8-9(14)12-10(17)18-8/h1-4H,(H,12,14,17)/b8-4-. The largest absolute Gasteiger partial charge is 0.307 e. The topological polar surface area (TPSA) is 72.2 Å². The highest BCUT2D eigenvalue weighted by Gasteiger charge is 2.22. The van der Waals surface area contributed by atoms with Gasteiger partial charge in [-0.05, 0) is 12.1 Å². The summed E-state index contributed by atoms with van der Waals surface area (Å²) in [6.45, 7) is 0. The number of rotatable bonds is 2. The first kappa shape index (κ1) is 13.0. The highest BCUT2D eigenvalue weighted by molar-refractivity contribution is 8.26. The molecule has 0 bridgehead atoms. The fraction of sp³-hybridized carbons (Fsp3) is 0. The molecule has 0 unspecified atom stereocenters. The first-order chi connectivity index (χ1) is 8.47. The number of carbonyl (C=O) groups excluding carboxylic acids is 1. The summed E-state index contributed by atoms with van der Waals surface area (Å²) < 4.78 is 0.354. The van der Waals surface area contributed by atoms with E-state index >= 15 is 0 Å². The van der Waals surface area contributed by atoms with Gasteiger partial charge in [0.05, 0.1) is 9.83 Å². The number of nitro benzene ring substituents is 1.